The molecule has 1 rings (SSSR count). The van der Waals surface area contributed by atoms with Crippen molar-refractivity contribution < 1.29 is 8.42 Å². The lowest BCUT2D eigenvalue weighted by Crippen LogP contribution is -2.44. The van der Waals surface area contributed by atoms with Crippen LogP contribution in [0.3, 0.4) is 0 Å². The lowest BCUT2D eigenvalue weighted by atomic mass is 9.80. The molecule has 0 aromatic rings. The Labute approximate surface area is 80.8 Å². The number of hydrogen-bond donors (Lipinski definition) is 1. The molecule has 0 spiro atoms. The molecule has 4 heteroatoms. The van der Waals surface area contributed by atoms with Crippen LogP contribution in [0.15, 0.2) is 0 Å². The Morgan fingerprint density at radius 2 is 2.08 bits per heavy atom. The molecule has 1 atom stereocenters. The van der Waals surface area contributed by atoms with Crippen LogP contribution in [0, 0.1) is 5.92 Å². The first-order valence-corrected chi connectivity index (χ1v) is 7.00. The van der Waals surface area contributed by atoms with Crippen LogP contribution in [0.2, 0.25) is 0 Å². The molecular formula is C9H19NO2S. The van der Waals surface area contributed by atoms with Crippen molar-refractivity contribution in [3.63, 3.8) is 0 Å². The number of rotatable bonds is 5. The predicted octanol–water partition coefficient (Wildman–Crippen LogP) is 0.809. The highest BCUT2D eigenvalue weighted by Crippen LogP contribution is 2.30. The smallest absolute Gasteiger partial charge is 0.148 e. The van der Waals surface area contributed by atoms with E-state index in [2.05, 4.69) is 5.32 Å². The third-order valence-corrected chi connectivity index (χ3v) is 3.63. The largest absolute Gasteiger partial charge is 0.313 e. The Kier molecular flexibility index (Phi) is 3.74. The monoisotopic (exact) mass is 205 g/mol. The molecule has 0 bridgehead atoms. The first-order chi connectivity index (χ1) is 6.03. The molecule has 0 aromatic heterocycles. The van der Waals surface area contributed by atoms with E-state index in [0.717, 1.165) is 6.54 Å². The summed E-state index contributed by atoms with van der Waals surface area (Å²) in [5, 5.41) is 3.26. The maximum absolute atomic E-state index is 11.1. The van der Waals surface area contributed by atoms with Crippen molar-refractivity contribution in [3.05, 3.63) is 0 Å². The van der Waals surface area contributed by atoms with Crippen LogP contribution in [0.4, 0.5) is 0 Å². The maximum atomic E-state index is 11.1. The topological polar surface area (TPSA) is 46.2 Å². The summed E-state index contributed by atoms with van der Waals surface area (Å²) in [6.07, 6.45) is 4.95. The van der Waals surface area contributed by atoms with Crippen molar-refractivity contribution in [2.75, 3.05) is 18.6 Å². The van der Waals surface area contributed by atoms with Crippen molar-refractivity contribution in [2.24, 2.45) is 5.92 Å². The molecule has 78 valence electrons. The second-order valence-corrected chi connectivity index (χ2v) is 6.13. The van der Waals surface area contributed by atoms with E-state index < -0.39 is 9.84 Å². The zero-order valence-corrected chi connectivity index (χ0v) is 9.23. The van der Waals surface area contributed by atoms with Gasteiger partial charge >= 0.3 is 0 Å². The predicted molar refractivity (Wildman–Crippen MR) is 54.5 cm³/mol. The molecule has 0 amide bonds. The average molecular weight is 205 g/mol. The number of nitrogens with one attached hydrogen (secondary N) is 1. The fraction of sp³-hybridized carbons (Fsp3) is 1.00. The molecule has 1 N–H and O–H groups in total. The molecule has 0 heterocycles. The van der Waals surface area contributed by atoms with Gasteiger partial charge in [-0.05, 0) is 25.3 Å². The second kappa shape index (κ2) is 4.42. The Balaban J connectivity index is 2.46. The zero-order chi connectivity index (χ0) is 9.90. The molecule has 1 aliphatic rings. The summed E-state index contributed by atoms with van der Waals surface area (Å²) in [7, 11) is -2.83. The van der Waals surface area contributed by atoms with Crippen molar-refractivity contribution in [1.29, 1.82) is 0 Å². The van der Waals surface area contributed by atoms with E-state index in [1.54, 1.807) is 0 Å². The Hall–Kier alpha value is -0.0900. The van der Waals surface area contributed by atoms with Gasteiger partial charge < -0.3 is 5.32 Å². The molecule has 1 aliphatic carbocycles. The van der Waals surface area contributed by atoms with E-state index in [1.807, 2.05) is 6.92 Å². The summed E-state index contributed by atoms with van der Waals surface area (Å²) in [5.74, 6) is 0.889. The van der Waals surface area contributed by atoms with Crippen LogP contribution < -0.4 is 5.32 Å². The first-order valence-electron chi connectivity index (χ1n) is 4.94. The average Bonchev–Trinajstić information content (AvgIpc) is 1.79. The summed E-state index contributed by atoms with van der Waals surface area (Å²) >= 11 is 0. The van der Waals surface area contributed by atoms with Crippen LogP contribution >= 0.6 is 0 Å². The van der Waals surface area contributed by atoms with Crippen LogP contribution in [0.25, 0.3) is 0 Å². The van der Waals surface area contributed by atoms with Gasteiger partial charge in [0.05, 0.1) is 5.75 Å². The standard InChI is InChI=1S/C9H19NO2S/c1-3-10-9(7-13(2,11)12)8-5-4-6-8/h8-10H,3-7H2,1-2H3. The van der Waals surface area contributed by atoms with E-state index >= 15 is 0 Å². The first kappa shape index (κ1) is 11.0. The highest BCUT2D eigenvalue weighted by Gasteiger charge is 2.28. The molecule has 0 saturated heterocycles. The van der Waals surface area contributed by atoms with Gasteiger partial charge in [-0.1, -0.05) is 13.3 Å². The minimum Gasteiger partial charge on any atom is -0.313 e. The van der Waals surface area contributed by atoms with Crippen molar-refractivity contribution in [1.82, 2.24) is 5.32 Å². The van der Waals surface area contributed by atoms with Crippen LogP contribution in [0.5, 0.6) is 0 Å². The van der Waals surface area contributed by atoms with E-state index in [-0.39, 0.29) is 6.04 Å². The van der Waals surface area contributed by atoms with Crippen LogP contribution in [-0.4, -0.2) is 33.0 Å². The van der Waals surface area contributed by atoms with Gasteiger partial charge in [0.25, 0.3) is 0 Å². The van der Waals surface area contributed by atoms with Crippen molar-refractivity contribution in [3.8, 4) is 0 Å². The van der Waals surface area contributed by atoms with Gasteiger partial charge in [0, 0.05) is 12.3 Å². The van der Waals surface area contributed by atoms with Crippen LogP contribution in [0.1, 0.15) is 26.2 Å². The fourth-order valence-corrected chi connectivity index (χ4v) is 2.83. The zero-order valence-electron chi connectivity index (χ0n) is 8.41. The summed E-state index contributed by atoms with van der Waals surface area (Å²) in [6, 6.07) is 0.189. The quantitative estimate of drug-likeness (QED) is 0.722. The third-order valence-electron chi connectivity index (χ3n) is 2.67. The molecule has 1 saturated carbocycles. The van der Waals surface area contributed by atoms with E-state index in [0.29, 0.717) is 11.7 Å². The molecule has 0 aliphatic heterocycles. The molecule has 13 heavy (non-hydrogen) atoms. The molecular weight excluding hydrogens is 186 g/mol. The highest BCUT2D eigenvalue weighted by atomic mass is 32.2. The number of hydrogen-bond acceptors (Lipinski definition) is 3. The lowest BCUT2D eigenvalue weighted by molar-refractivity contribution is 0.245. The van der Waals surface area contributed by atoms with Gasteiger partial charge in [-0.15, -0.1) is 0 Å². The SMILES string of the molecule is CCNC(CS(C)(=O)=O)C1CCC1. The van der Waals surface area contributed by atoms with Gasteiger partial charge in [0.1, 0.15) is 9.84 Å². The molecule has 1 unspecified atom stereocenters. The molecule has 1 fully saturated rings. The minimum atomic E-state index is -2.83. The van der Waals surface area contributed by atoms with Gasteiger partial charge in [0.2, 0.25) is 0 Å². The Morgan fingerprint density at radius 1 is 1.46 bits per heavy atom. The Bertz CT molecular complexity index is 244. The summed E-state index contributed by atoms with van der Waals surface area (Å²) in [4.78, 5) is 0. The van der Waals surface area contributed by atoms with E-state index in [1.165, 1.54) is 25.5 Å². The minimum absolute atomic E-state index is 0.189. The lowest BCUT2D eigenvalue weighted by Gasteiger charge is -2.33. The van der Waals surface area contributed by atoms with Gasteiger partial charge in [-0.2, -0.15) is 0 Å². The van der Waals surface area contributed by atoms with Gasteiger partial charge in [-0.3, -0.25) is 0 Å². The third kappa shape index (κ3) is 3.65. The van der Waals surface area contributed by atoms with Gasteiger partial charge in [-0.25, -0.2) is 8.42 Å². The summed E-state index contributed by atoms with van der Waals surface area (Å²) in [5.41, 5.74) is 0. The van der Waals surface area contributed by atoms with Gasteiger partial charge in [0.15, 0.2) is 0 Å². The normalized spacial score (nSPS) is 21.1. The molecule has 0 aromatic carbocycles. The summed E-state index contributed by atoms with van der Waals surface area (Å²) in [6.45, 7) is 2.88. The van der Waals surface area contributed by atoms with Crippen molar-refractivity contribution >= 4 is 9.84 Å². The van der Waals surface area contributed by atoms with E-state index in [9.17, 15) is 8.42 Å². The van der Waals surface area contributed by atoms with E-state index in [4.69, 9.17) is 0 Å². The fourth-order valence-electron chi connectivity index (χ4n) is 1.79. The Morgan fingerprint density at radius 3 is 2.38 bits per heavy atom. The van der Waals surface area contributed by atoms with Crippen molar-refractivity contribution in [2.45, 2.75) is 32.2 Å². The van der Waals surface area contributed by atoms with Crippen LogP contribution in [-0.2, 0) is 9.84 Å². The molecule has 3 nitrogen and oxygen atoms in total. The highest BCUT2D eigenvalue weighted by molar-refractivity contribution is 7.90. The maximum Gasteiger partial charge on any atom is 0.148 e. The number of sulfone groups is 1. The second-order valence-electron chi connectivity index (χ2n) is 3.95. The molecule has 0 radical (unpaired) electrons. The summed E-state index contributed by atoms with van der Waals surface area (Å²) < 4.78 is 22.2.